The Balaban J connectivity index is 2.48. The first-order valence-electron chi connectivity index (χ1n) is 4.85. The van der Waals surface area contributed by atoms with Crippen molar-refractivity contribution in [3.05, 3.63) is 40.9 Å². The van der Waals surface area contributed by atoms with Crippen LogP contribution in [0.25, 0.3) is 0 Å². The third-order valence-corrected chi connectivity index (χ3v) is 3.09. The van der Waals surface area contributed by atoms with E-state index >= 15 is 0 Å². The van der Waals surface area contributed by atoms with E-state index in [1.165, 1.54) is 12.4 Å². The summed E-state index contributed by atoms with van der Waals surface area (Å²) in [7, 11) is 1.71. The van der Waals surface area contributed by atoms with E-state index in [0.29, 0.717) is 21.8 Å². The average Bonchev–Trinajstić information content (AvgIpc) is 2.32. The number of halogens is 2. The summed E-state index contributed by atoms with van der Waals surface area (Å²) >= 11 is 3.29. The highest BCUT2D eigenvalue weighted by atomic mass is 79.9. The van der Waals surface area contributed by atoms with Gasteiger partial charge in [-0.1, -0.05) is 12.1 Å². The van der Waals surface area contributed by atoms with Crippen molar-refractivity contribution in [3.63, 3.8) is 0 Å². The predicted octanol–water partition coefficient (Wildman–Crippen LogP) is 2.73. The Morgan fingerprint density at radius 1 is 1.29 bits per heavy atom. The number of para-hydroxylation sites is 1. The smallest absolute Gasteiger partial charge is 0.152 e. The van der Waals surface area contributed by atoms with Crippen LogP contribution in [0.4, 0.5) is 21.7 Å². The molecule has 0 saturated carbocycles. The maximum absolute atomic E-state index is 13.6. The highest BCUT2D eigenvalue weighted by Crippen LogP contribution is 2.32. The van der Waals surface area contributed by atoms with Crippen LogP contribution in [-0.4, -0.2) is 17.0 Å². The standard InChI is InChI=1S/C11H10BrFN4/c1-17(8-5-3-2-4-7(8)13)11-9(12)10(14)15-6-16-11/h2-6H,1H3,(H2,14,15,16). The molecule has 0 spiro atoms. The normalized spacial score (nSPS) is 10.3. The van der Waals surface area contributed by atoms with Gasteiger partial charge in [-0.3, -0.25) is 0 Å². The molecule has 4 nitrogen and oxygen atoms in total. The molecule has 0 unspecified atom stereocenters. The predicted molar refractivity (Wildman–Crippen MR) is 68.6 cm³/mol. The van der Waals surface area contributed by atoms with Crippen LogP contribution in [0.3, 0.4) is 0 Å². The lowest BCUT2D eigenvalue weighted by Crippen LogP contribution is -2.14. The molecule has 0 fully saturated rings. The maximum Gasteiger partial charge on any atom is 0.152 e. The summed E-state index contributed by atoms with van der Waals surface area (Å²) in [5.41, 5.74) is 6.08. The van der Waals surface area contributed by atoms with E-state index in [9.17, 15) is 4.39 Å². The van der Waals surface area contributed by atoms with E-state index in [1.807, 2.05) is 0 Å². The number of benzene rings is 1. The lowest BCUT2D eigenvalue weighted by Gasteiger charge is -2.20. The fourth-order valence-electron chi connectivity index (χ4n) is 1.45. The number of nitrogens with two attached hydrogens (primary N) is 1. The Bertz CT molecular complexity index is 547. The second-order valence-electron chi connectivity index (χ2n) is 3.41. The third-order valence-electron chi connectivity index (χ3n) is 2.33. The van der Waals surface area contributed by atoms with Gasteiger partial charge < -0.3 is 10.6 Å². The molecule has 0 bridgehead atoms. The molecule has 17 heavy (non-hydrogen) atoms. The molecule has 1 aromatic heterocycles. The first kappa shape index (κ1) is 11.8. The number of aromatic nitrogens is 2. The molecule has 0 atom stereocenters. The lowest BCUT2D eigenvalue weighted by molar-refractivity contribution is 0.627. The zero-order chi connectivity index (χ0) is 12.4. The van der Waals surface area contributed by atoms with Crippen molar-refractivity contribution in [1.29, 1.82) is 0 Å². The van der Waals surface area contributed by atoms with Crippen molar-refractivity contribution in [2.24, 2.45) is 0 Å². The van der Waals surface area contributed by atoms with Gasteiger partial charge in [-0.2, -0.15) is 0 Å². The fourth-order valence-corrected chi connectivity index (χ4v) is 1.92. The molecule has 2 rings (SSSR count). The van der Waals surface area contributed by atoms with Crippen molar-refractivity contribution in [2.45, 2.75) is 0 Å². The minimum atomic E-state index is -0.320. The van der Waals surface area contributed by atoms with E-state index in [4.69, 9.17) is 5.73 Å². The van der Waals surface area contributed by atoms with Crippen molar-refractivity contribution >= 4 is 33.3 Å². The van der Waals surface area contributed by atoms with Gasteiger partial charge >= 0.3 is 0 Å². The number of rotatable bonds is 2. The Kier molecular flexibility index (Phi) is 3.23. The Hall–Kier alpha value is -1.69. The fraction of sp³-hybridized carbons (Fsp3) is 0.0909. The number of anilines is 3. The average molecular weight is 297 g/mol. The molecule has 0 saturated heterocycles. The molecule has 6 heteroatoms. The van der Waals surface area contributed by atoms with Gasteiger partial charge in [0.25, 0.3) is 0 Å². The van der Waals surface area contributed by atoms with Crippen LogP contribution in [0, 0.1) is 5.82 Å². The van der Waals surface area contributed by atoms with E-state index in [2.05, 4.69) is 25.9 Å². The second kappa shape index (κ2) is 4.67. The monoisotopic (exact) mass is 296 g/mol. The van der Waals surface area contributed by atoms with Crippen LogP contribution >= 0.6 is 15.9 Å². The zero-order valence-electron chi connectivity index (χ0n) is 9.06. The highest BCUT2D eigenvalue weighted by molar-refractivity contribution is 9.10. The molecule has 1 heterocycles. The minimum Gasteiger partial charge on any atom is -0.383 e. The summed E-state index contributed by atoms with van der Waals surface area (Å²) in [5, 5.41) is 0. The molecule has 2 aromatic rings. The highest BCUT2D eigenvalue weighted by Gasteiger charge is 2.14. The molecule has 0 amide bonds. The van der Waals surface area contributed by atoms with Crippen LogP contribution < -0.4 is 10.6 Å². The number of nitrogens with zero attached hydrogens (tertiary/aromatic N) is 3. The molecule has 1 aromatic carbocycles. The number of hydrogen-bond acceptors (Lipinski definition) is 4. The number of nitrogen functional groups attached to an aromatic ring is 1. The quantitative estimate of drug-likeness (QED) is 0.926. The van der Waals surface area contributed by atoms with Crippen molar-refractivity contribution in [3.8, 4) is 0 Å². The first-order valence-corrected chi connectivity index (χ1v) is 5.65. The van der Waals surface area contributed by atoms with E-state index in [1.54, 1.807) is 30.1 Å². The Labute approximate surface area is 106 Å². The van der Waals surface area contributed by atoms with Gasteiger partial charge in [-0.15, -0.1) is 0 Å². The third kappa shape index (κ3) is 2.21. The molecular weight excluding hydrogens is 287 g/mol. The molecule has 2 N–H and O–H groups in total. The summed E-state index contributed by atoms with van der Waals surface area (Å²) in [4.78, 5) is 9.52. The lowest BCUT2D eigenvalue weighted by atomic mass is 10.3. The molecule has 0 aliphatic heterocycles. The van der Waals surface area contributed by atoms with Crippen LogP contribution in [-0.2, 0) is 0 Å². The van der Waals surface area contributed by atoms with Crippen LogP contribution in [0.15, 0.2) is 35.1 Å². The first-order chi connectivity index (χ1) is 8.11. The minimum absolute atomic E-state index is 0.318. The summed E-state index contributed by atoms with van der Waals surface area (Å²) in [6.07, 6.45) is 1.34. The number of hydrogen-bond donors (Lipinski definition) is 1. The Morgan fingerprint density at radius 3 is 2.71 bits per heavy atom. The second-order valence-corrected chi connectivity index (χ2v) is 4.20. The van der Waals surface area contributed by atoms with Crippen LogP contribution in [0.5, 0.6) is 0 Å². The van der Waals surface area contributed by atoms with Gasteiger partial charge in [0, 0.05) is 7.05 Å². The molecule has 0 aliphatic carbocycles. The summed E-state index contributed by atoms with van der Waals surface area (Å²) < 4.78 is 14.2. The van der Waals surface area contributed by atoms with Gasteiger partial charge in [-0.05, 0) is 28.1 Å². The van der Waals surface area contributed by atoms with E-state index in [-0.39, 0.29) is 5.82 Å². The molecule has 0 radical (unpaired) electrons. The zero-order valence-corrected chi connectivity index (χ0v) is 10.6. The maximum atomic E-state index is 13.6. The van der Waals surface area contributed by atoms with E-state index in [0.717, 1.165) is 0 Å². The van der Waals surface area contributed by atoms with Crippen LogP contribution in [0.1, 0.15) is 0 Å². The van der Waals surface area contributed by atoms with Gasteiger partial charge in [0.1, 0.15) is 22.4 Å². The van der Waals surface area contributed by atoms with Crippen molar-refractivity contribution < 1.29 is 4.39 Å². The molecule has 0 aliphatic rings. The van der Waals surface area contributed by atoms with E-state index < -0.39 is 0 Å². The van der Waals surface area contributed by atoms with Gasteiger partial charge in [0.05, 0.1) is 5.69 Å². The van der Waals surface area contributed by atoms with Gasteiger partial charge in [-0.25, -0.2) is 14.4 Å². The van der Waals surface area contributed by atoms with Crippen molar-refractivity contribution in [2.75, 3.05) is 17.7 Å². The Morgan fingerprint density at radius 2 is 2.00 bits per heavy atom. The van der Waals surface area contributed by atoms with Gasteiger partial charge in [0.2, 0.25) is 0 Å². The summed E-state index contributed by atoms with van der Waals surface area (Å²) in [5.74, 6) is 0.514. The van der Waals surface area contributed by atoms with Gasteiger partial charge in [0.15, 0.2) is 5.82 Å². The SMILES string of the molecule is CN(c1ccccc1F)c1ncnc(N)c1Br. The van der Waals surface area contributed by atoms with Crippen molar-refractivity contribution in [1.82, 2.24) is 9.97 Å². The largest absolute Gasteiger partial charge is 0.383 e. The summed E-state index contributed by atoms with van der Waals surface area (Å²) in [6.45, 7) is 0. The van der Waals surface area contributed by atoms with Crippen LogP contribution in [0.2, 0.25) is 0 Å². The molecule has 88 valence electrons. The topological polar surface area (TPSA) is 55.0 Å². The summed E-state index contributed by atoms with van der Waals surface area (Å²) in [6, 6.07) is 6.45. The molecular formula is C11H10BrFN4.